The van der Waals surface area contributed by atoms with Crippen molar-refractivity contribution in [1.29, 1.82) is 0 Å². The molecule has 1 atom stereocenters. The Morgan fingerprint density at radius 3 is 3.00 bits per heavy atom. The van der Waals surface area contributed by atoms with Gasteiger partial charge in [0.15, 0.2) is 0 Å². The van der Waals surface area contributed by atoms with E-state index >= 15 is 0 Å². The number of nitrogens with two attached hydrogens (primary N) is 1. The van der Waals surface area contributed by atoms with Gasteiger partial charge in [-0.2, -0.15) is 0 Å². The molecule has 2 rings (SSSR count). The molecule has 19 heavy (non-hydrogen) atoms. The maximum absolute atomic E-state index is 13.2. The second-order valence-corrected chi connectivity index (χ2v) is 5.44. The number of hydrogen-bond donors (Lipinski definition) is 1. The number of ether oxygens (including phenoxy) is 1. The molecule has 3 nitrogen and oxygen atoms in total. The molecule has 0 aliphatic carbocycles. The highest BCUT2D eigenvalue weighted by Crippen LogP contribution is 2.16. The van der Waals surface area contributed by atoms with E-state index in [1.54, 1.807) is 6.07 Å². The van der Waals surface area contributed by atoms with Crippen molar-refractivity contribution in [2.45, 2.75) is 25.5 Å². The highest BCUT2D eigenvalue weighted by Gasteiger charge is 2.18. The summed E-state index contributed by atoms with van der Waals surface area (Å²) < 4.78 is 18.8. The average molecular weight is 282 g/mol. The first-order chi connectivity index (χ1) is 9.06. The summed E-state index contributed by atoms with van der Waals surface area (Å²) in [6.07, 6.45) is 2.54. The Morgan fingerprint density at radius 2 is 2.37 bits per heavy atom. The minimum Gasteiger partial charge on any atom is -0.389 e. The Kier molecular flexibility index (Phi) is 4.85. The molecule has 1 fully saturated rings. The van der Waals surface area contributed by atoms with E-state index in [1.165, 1.54) is 12.1 Å². The Hall–Kier alpha value is -1.04. The zero-order valence-electron chi connectivity index (χ0n) is 11.1. The first kappa shape index (κ1) is 14.4. The number of hydrogen-bond acceptors (Lipinski definition) is 3. The van der Waals surface area contributed by atoms with Crippen LogP contribution in [0.5, 0.6) is 0 Å². The Balaban J connectivity index is 2.03. The molecular formula is C14H19FN2OS. The van der Waals surface area contributed by atoms with Gasteiger partial charge in [-0.15, -0.1) is 0 Å². The summed E-state index contributed by atoms with van der Waals surface area (Å²) in [5.74, 6) is -0.312. The van der Waals surface area contributed by atoms with Gasteiger partial charge in [0.05, 0.1) is 6.10 Å². The molecule has 1 heterocycles. The summed E-state index contributed by atoms with van der Waals surface area (Å²) in [6, 6.07) is 4.59. The summed E-state index contributed by atoms with van der Waals surface area (Å²) in [5.41, 5.74) is 7.22. The lowest BCUT2D eigenvalue weighted by Crippen LogP contribution is -2.29. The molecule has 1 unspecified atom stereocenters. The number of halogens is 1. The van der Waals surface area contributed by atoms with Gasteiger partial charge in [-0.25, -0.2) is 4.39 Å². The fourth-order valence-electron chi connectivity index (χ4n) is 2.41. The molecule has 1 saturated heterocycles. The van der Waals surface area contributed by atoms with Gasteiger partial charge in [-0.05, 0) is 37.6 Å². The second-order valence-electron chi connectivity index (χ2n) is 5.00. The van der Waals surface area contributed by atoms with E-state index < -0.39 is 0 Å². The van der Waals surface area contributed by atoms with Crippen molar-refractivity contribution in [3.8, 4) is 0 Å². The predicted molar refractivity (Wildman–Crippen MR) is 77.6 cm³/mol. The van der Waals surface area contributed by atoms with Crippen LogP contribution < -0.4 is 5.73 Å². The summed E-state index contributed by atoms with van der Waals surface area (Å²) in [7, 11) is 2.02. The fourth-order valence-corrected chi connectivity index (χ4v) is 2.60. The standard InChI is InChI=1S/C14H19FN2OS/c1-17(9-12-3-2-6-18-12)8-10-4-5-11(15)7-13(10)14(16)19/h4-5,7,12H,2-3,6,8-9H2,1H3,(H2,16,19). The monoisotopic (exact) mass is 282 g/mol. The molecule has 2 N–H and O–H groups in total. The molecule has 0 aromatic heterocycles. The molecule has 0 bridgehead atoms. The molecule has 0 spiro atoms. The number of thiocarbonyl (C=S) groups is 1. The number of nitrogens with zero attached hydrogens (tertiary/aromatic N) is 1. The fraction of sp³-hybridized carbons (Fsp3) is 0.500. The van der Waals surface area contributed by atoms with E-state index in [2.05, 4.69) is 4.90 Å². The summed E-state index contributed by atoms with van der Waals surface area (Å²) in [4.78, 5) is 2.39. The smallest absolute Gasteiger partial charge is 0.123 e. The highest BCUT2D eigenvalue weighted by molar-refractivity contribution is 7.80. The molecule has 0 amide bonds. The lowest BCUT2D eigenvalue weighted by Gasteiger charge is -2.21. The van der Waals surface area contributed by atoms with Crippen molar-refractivity contribution in [3.63, 3.8) is 0 Å². The molecule has 5 heteroatoms. The van der Waals surface area contributed by atoms with Crippen LogP contribution in [0.25, 0.3) is 0 Å². The summed E-state index contributed by atoms with van der Waals surface area (Å²) in [5, 5.41) is 0. The van der Waals surface area contributed by atoms with Crippen molar-refractivity contribution >= 4 is 17.2 Å². The summed E-state index contributed by atoms with van der Waals surface area (Å²) >= 11 is 4.97. The maximum Gasteiger partial charge on any atom is 0.123 e. The van der Waals surface area contributed by atoms with Crippen LogP contribution >= 0.6 is 12.2 Å². The van der Waals surface area contributed by atoms with Gasteiger partial charge in [0.2, 0.25) is 0 Å². The van der Waals surface area contributed by atoms with Gasteiger partial charge in [-0.3, -0.25) is 4.90 Å². The van der Waals surface area contributed by atoms with Gasteiger partial charge >= 0.3 is 0 Å². The van der Waals surface area contributed by atoms with Crippen molar-refractivity contribution < 1.29 is 9.13 Å². The van der Waals surface area contributed by atoms with Gasteiger partial charge < -0.3 is 10.5 Å². The van der Waals surface area contributed by atoms with Crippen LogP contribution in [0.3, 0.4) is 0 Å². The third-order valence-corrected chi connectivity index (χ3v) is 3.54. The quantitative estimate of drug-likeness (QED) is 0.839. The Bertz CT molecular complexity index is 461. The van der Waals surface area contributed by atoms with Crippen LogP contribution in [0.15, 0.2) is 18.2 Å². The minimum atomic E-state index is -0.312. The van der Waals surface area contributed by atoms with E-state index in [0.717, 1.165) is 31.6 Å². The molecule has 0 radical (unpaired) electrons. The minimum absolute atomic E-state index is 0.236. The lowest BCUT2D eigenvalue weighted by molar-refractivity contribution is 0.0793. The van der Waals surface area contributed by atoms with Crippen molar-refractivity contribution in [2.75, 3.05) is 20.2 Å². The zero-order chi connectivity index (χ0) is 13.8. The van der Waals surface area contributed by atoms with Crippen LogP contribution in [0.2, 0.25) is 0 Å². The number of benzene rings is 1. The second kappa shape index (κ2) is 6.41. The average Bonchev–Trinajstić information content (AvgIpc) is 2.83. The molecule has 0 saturated carbocycles. The third-order valence-electron chi connectivity index (χ3n) is 3.32. The SMILES string of the molecule is CN(Cc1ccc(F)cc1C(N)=S)CC1CCCO1. The molecule has 1 aliphatic heterocycles. The third kappa shape index (κ3) is 3.96. The van der Waals surface area contributed by atoms with Gasteiger partial charge in [0.25, 0.3) is 0 Å². The van der Waals surface area contributed by atoms with Gasteiger partial charge in [-0.1, -0.05) is 18.3 Å². The van der Waals surface area contributed by atoms with E-state index in [1.807, 2.05) is 7.05 Å². The topological polar surface area (TPSA) is 38.5 Å². The van der Waals surface area contributed by atoms with E-state index in [0.29, 0.717) is 18.2 Å². The zero-order valence-corrected chi connectivity index (χ0v) is 11.9. The predicted octanol–water partition coefficient (Wildman–Crippen LogP) is 2.07. The number of rotatable bonds is 5. The van der Waals surface area contributed by atoms with E-state index in [4.69, 9.17) is 22.7 Å². The molecular weight excluding hydrogens is 263 g/mol. The molecule has 1 aliphatic rings. The van der Waals surface area contributed by atoms with Crippen LogP contribution in [-0.4, -0.2) is 36.2 Å². The van der Waals surface area contributed by atoms with Crippen LogP contribution in [0.1, 0.15) is 24.0 Å². The molecule has 1 aromatic rings. The van der Waals surface area contributed by atoms with Gasteiger partial charge in [0.1, 0.15) is 10.8 Å². The maximum atomic E-state index is 13.2. The van der Waals surface area contributed by atoms with Crippen molar-refractivity contribution in [2.24, 2.45) is 5.73 Å². The lowest BCUT2D eigenvalue weighted by atomic mass is 10.1. The van der Waals surface area contributed by atoms with Crippen LogP contribution in [-0.2, 0) is 11.3 Å². The van der Waals surface area contributed by atoms with Crippen LogP contribution in [0.4, 0.5) is 4.39 Å². The van der Waals surface area contributed by atoms with Crippen LogP contribution in [0, 0.1) is 5.82 Å². The van der Waals surface area contributed by atoms with E-state index in [9.17, 15) is 4.39 Å². The molecule has 1 aromatic carbocycles. The van der Waals surface area contributed by atoms with E-state index in [-0.39, 0.29) is 10.8 Å². The summed E-state index contributed by atoms with van der Waals surface area (Å²) in [6.45, 7) is 2.41. The van der Waals surface area contributed by atoms with Crippen molar-refractivity contribution in [1.82, 2.24) is 4.90 Å². The highest BCUT2D eigenvalue weighted by atomic mass is 32.1. The largest absolute Gasteiger partial charge is 0.389 e. The van der Waals surface area contributed by atoms with Crippen molar-refractivity contribution in [3.05, 3.63) is 35.1 Å². The normalized spacial score (nSPS) is 19.0. The Morgan fingerprint density at radius 1 is 1.58 bits per heavy atom. The Labute approximate surface area is 118 Å². The number of likely N-dealkylation sites (N-methyl/N-ethyl adjacent to an activating group) is 1. The first-order valence-electron chi connectivity index (χ1n) is 6.44. The molecule has 104 valence electrons. The van der Waals surface area contributed by atoms with Gasteiger partial charge in [0, 0.05) is 25.3 Å². The first-order valence-corrected chi connectivity index (χ1v) is 6.85.